The average Bonchev–Trinajstić information content (AvgIpc) is 1.85. The standard InChI is InChI=1S/C6H11O2S2/c1-4-8-6(7)10-9-5(2)3/h4-5H,1-3H3. The molecule has 0 rings (SSSR count). The Balaban J connectivity index is 3.22. The van der Waals surface area contributed by atoms with Gasteiger partial charge in [-0.2, -0.15) is 0 Å². The molecule has 0 N–H and O–H groups in total. The first kappa shape index (κ1) is 10.2. The van der Waals surface area contributed by atoms with E-state index < -0.39 is 0 Å². The summed E-state index contributed by atoms with van der Waals surface area (Å²) in [6.45, 7) is 7.12. The fourth-order valence-corrected chi connectivity index (χ4v) is 1.59. The Labute approximate surface area is 69.5 Å². The largest absolute Gasteiger partial charge is 0.450 e. The summed E-state index contributed by atoms with van der Waals surface area (Å²) in [5, 5.41) is 0.204. The van der Waals surface area contributed by atoms with E-state index in [-0.39, 0.29) is 5.30 Å². The quantitative estimate of drug-likeness (QED) is 0.491. The molecule has 0 aromatic carbocycles. The molecule has 0 fully saturated rings. The van der Waals surface area contributed by atoms with Crippen LogP contribution in [-0.2, 0) is 4.74 Å². The molecule has 0 saturated carbocycles. The lowest BCUT2D eigenvalue weighted by atomic mass is 10.6. The molecule has 1 radical (unpaired) electrons. The van der Waals surface area contributed by atoms with Gasteiger partial charge >= 0.3 is 5.30 Å². The second-order valence-electron chi connectivity index (χ2n) is 1.83. The summed E-state index contributed by atoms with van der Waals surface area (Å²) in [5.41, 5.74) is 0. The molecular weight excluding hydrogens is 168 g/mol. The van der Waals surface area contributed by atoms with Gasteiger partial charge in [0.25, 0.3) is 0 Å². The number of hydrogen-bond donors (Lipinski definition) is 0. The molecule has 0 aliphatic carbocycles. The van der Waals surface area contributed by atoms with Crippen LogP contribution in [-0.4, -0.2) is 10.6 Å². The maximum absolute atomic E-state index is 10.6. The van der Waals surface area contributed by atoms with Gasteiger partial charge in [0.2, 0.25) is 0 Å². The van der Waals surface area contributed by atoms with Crippen LogP contribution in [0.25, 0.3) is 0 Å². The van der Waals surface area contributed by atoms with Crippen molar-refractivity contribution in [1.82, 2.24) is 0 Å². The first-order chi connectivity index (χ1) is 4.66. The normalized spacial score (nSPS) is 10.0. The van der Waals surface area contributed by atoms with E-state index in [1.165, 1.54) is 17.4 Å². The zero-order valence-corrected chi connectivity index (χ0v) is 7.92. The molecule has 0 unspecified atom stereocenters. The minimum atomic E-state index is -0.249. The van der Waals surface area contributed by atoms with Gasteiger partial charge in [-0.05, 0) is 6.92 Å². The Bertz CT molecular complexity index is 104. The van der Waals surface area contributed by atoms with Crippen LogP contribution < -0.4 is 0 Å². The molecule has 0 atom stereocenters. The van der Waals surface area contributed by atoms with E-state index in [0.717, 1.165) is 10.8 Å². The molecule has 10 heavy (non-hydrogen) atoms. The number of carbonyl (C=O) groups is 1. The lowest BCUT2D eigenvalue weighted by Crippen LogP contribution is -1.91. The first-order valence-corrected chi connectivity index (χ1v) is 5.20. The number of ether oxygens (including phenoxy) is 1. The second-order valence-corrected chi connectivity index (χ2v) is 4.54. The molecule has 0 aliphatic heterocycles. The fourth-order valence-electron chi connectivity index (χ4n) is 0.251. The second kappa shape index (κ2) is 5.92. The molecule has 0 aromatic rings. The monoisotopic (exact) mass is 179 g/mol. The maximum Gasteiger partial charge on any atom is 0.378 e. The van der Waals surface area contributed by atoms with Crippen LogP contribution in [0.15, 0.2) is 0 Å². The van der Waals surface area contributed by atoms with Crippen LogP contribution >= 0.6 is 21.6 Å². The lowest BCUT2D eigenvalue weighted by Gasteiger charge is -2.01. The maximum atomic E-state index is 10.6. The Hall–Kier alpha value is 0.170. The van der Waals surface area contributed by atoms with E-state index in [0.29, 0.717) is 5.25 Å². The van der Waals surface area contributed by atoms with Crippen LogP contribution in [0.3, 0.4) is 0 Å². The minimum Gasteiger partial charge on any atom is -0.450 e. The predicted molar refractivity (Wildman–Crippen MR) is 46.8 cm³/mol. The molecular formula is C6H11O2S2. The van der Waals surface area contributed by atoms with Gasteiger partial charge in [-0.3, -0.25) is 0 Å². The summed E-state index contributed by atoms with van der Waals surface area (Å²) in [6, 6.07) is 0. The first-order valence-electron chi connectivity index (χ1n) is 2.98. The highest BCUT2D eigenvalue weighted by Gasteiger charge is 2.04. The van der Waals surface area contributed by atoms with E-state index >= 15 is 0 Å². The SMILES string of the molecule is C[CH]OC(=O)SSC(C)C. The summed E-state index contributed by atoms with van der Waals surface area (Å²) in [5.74, 6) is 0. The van der Waals surface area contributed by atoms with E-state index in [1.54, 1.807) is 6.92 Å². The van der Waals surface area contributed by atoms with Crippen LogP contribution in [0.4, 0.5) is 4.79 Å². The lowest BCUT2D eigenvalue weighted by molar-refractivity contribution is 0.202. The van der Waals surface area contributed by atoms with Crippen molar-refractivity contribution in [3.63, 3.8) is 0 Å². The molecule has 0 amide bonds. The summed E-state index contributed by atoms with van der Waals surface area (Å²) < 4.78 is 4.57. The number of rotatable bonds is 3. The highest BCUT2D eigenvalue weighted by molar-refractivity contribution is 8.82. The molecule has 0 aliphatic rings. The Morgan fingerprint density at radius 2 is 2.20 bits per heavy atom. The average molecular weight is 179 g/mol. The van der Waals surface area contributed by atoms with Crippen LogP contribution in [0.5, 0.6) is 0 Å². The predicted octanol–water partition coefficient (Wildman–Crippen LogP) is 3.09. The highest BCUT2D eigenvalue weighted by atomic mass is 33.1. The molecule has 0 spiro atoms. The zero-order valence-electron chi connectivity index (χ0n) is 6.29. The molecule has 59 valence electrons. The minimum absolute atomic E-state index is 0.249. The number of carbonyl (C=O) groups excluding carboxylic acids is 1. The third-order valence-electron chi connectivity index (χ3n) is 0.523. The van der Waals surface area contributed by atoms with Crippen LogP contribution in [0.2, 0.25) is 0 Å². The molecule has 2 nitrogen and oxygen atoms in total. The van der Waals surface area contributed by atoms with Crippen molar-refractivity contribution in [2.75, 3.05) is 0 Å². The van der Waals surface area contributed by atoms with Gasteiger partial charge in [0.05, 0.1) is 0 Å². The summed E-state index contributed by atoms with van der Waals surface area (Å²) in [7, 11) is 2.63. The van der Waals surface area contributed by atoms with Gasteiger partial charge in [0.15, 0.2) is 0 Å². The van der Waals surface area contributed by atoms with Gasteiger partial charge < -0.3 is 4.74 Å². The Kier molecular flexibility index (Phi) is 6.02. The third kappa shape index (κ3) is 6.29. The van der Waals surface area contributed by atoms with Crippen molar-refractivity contribution < 1.29 is 9.53 Å². The highest BCUT2D eigenvalue weighted by Crippen LogP contribution is 2.27. The van der Waals surface area contributed by atoms with Gasteiger partial charge in [-0.15, -0.1) is 0 Å². The van der Waals surface area contributed by atoms with Crippen molar-refractivity contribution in [2.45, 2.75) is 26.0 Å². The van der Waals surface area contributed by atoms with Gasteiger partial charge in [-0.25, -0.2) is 4.79 Å². The van der Waals surface area contributed by atoms with Gasteiger partial charge in [-0.1, -0.05) is 24.6 Å². The van der Waals surface area contributed by atoms with Crippen molar-refractivity contribution >= 4 is 26.9 Å². The summed E-state index contributed by atoms with van der Waals surface area (Å²) >= 11 is 0. The van der Waals surface area contributed by atoms with Crippen molar-refractivity contribution in [1.29, 1.82) is 0 Å². The molecule has 0 aromatic heterocycles. The van der Waals surface area contributed by atoms with Crippen molar-refractivity contribution in [3.05, 3.63) is 6.61 Å². The summed E-state index contributed by atoms with van der Waals surface area (Å²) in [4.78, 5) is 10.6. The van der Waals surface area contributed by atoms with E-state index in [1.807, 2.05) is 13.8 Å². The van der Waals surface area contributed by atoms with E-state index in [9.17, 15) is 4.79 Å². The zero-order chi connectivity index (χ0) is 7.98. The molecule has 0 heterocycles. The van der Waals surface area contributed by atoms with Crippen molar-refractivity contribution in [3.8, 4) is 0 Å². The van der Waals surface area contributed by atoms with Crippen LogP contribution in [0, 0.1) is 6.61 Å². The Morgan fingerprint density at radius 3 is 2.60 bits per heavy atom. The van der Waals surface area contributed by atoms with E-state index in [4.69, 9.17) is 0 Å². The molecule has 0 saturated heterocycles. The smallest absolute Gasteiger partial charge is 0.378 e. The van der Waals surface area contributed by atoms with E-state index in [2.05, 4.69) is 4.74 Å². The fraction of sp³-hybridized carbons (Fsp3) is 0.667. The Morgan fingerprint density at radius 1 is 1.60 bits per heavy atom. The summed E-state index contributed by atoms with van der Waals surface area (Å²) in [6.07, 6.45) is 0. The molecule has 0 bridgehead atoms. The third-order valence-corrected chi connectivity index (χ3v) is 3.09. The van der Waals surface area contributed by atoms with Gasteiger partial charge in [0, 0.05) is 16.0 Å². The van der Waals surface area contributed by atoms with Gasteiger partial charge in [0.1, 0.15) is 6.61 Å². The van der Waals surface area contributed by atoms with Crippen LogP contribution in [0.1, 0.15) is 20.8 Å². The number of hydrogen-bond acceptors (Lipinski definition) is 4. The topological polar surface area (TPSA) is 26.3 Å². The van der Waals surface area contributed by atoms with Crippen molar-refractivity contribution in [2.24, 2.45) is 0 Å². The molecule has 4 heteroatoms.